The first-order valence-corrected chi connectivity index (χ1v) is 7.93. The Morgan fingerprint density at radius 2 is 2.14 bits per heavy atom. The molecule has 0 aliphatic carbocycles. The van der Waals surface area contributed by atoms with Crippen molar-refractivity contribution in [2.24, 2.45) is 0 Å². The average Bonchev–Trinajstić information content (AvgIpc) is 2.82. The smallest absolute Gasteiger partial charge is 0.289 e. The molecule has 1 aromatic heterocycles. The first kappa shape index (κ1) is 15.6. The highest BCUT2D eigenvalue weighted by atomic mass is 79.9. The van der Waals surface area contributed by atoms with Crippen molar-refractivity contribution in [2.45, 2.75) is 18.4 Å². The Balaban J connectivity index is 2.31. The zero-order valence-electron chi connectivity index (χ0n) is 10.7. The van der Waals surface area contributed by atoms with E-state index in [4.69, 9.17) is 4.52 Å². The van der Waals surface area contributed by atoms with Gasteiger partial charge in [0, 0.05) is 16.6 Å². The molecule has 0 aliphatic rings. The maximum atomic E-state index is 12.2. The van der Waals surface area contributed by atoms with Gasteiger partial charge in [-0.1, -0.05) is 21.1 Å². The van der Waals surface area contributed by atoms with Crippen LogP contribution in [0.3, 0.4) is 0 Å². The van der Waals surface area contributed by atoms with Crippen molar-refractivity contribution in [2.75, 3.05) is 0 Å². The number of hydrogen-bond acceptors (Lipinski definition) is 6. The van der Waals surface area contributed by atoms with E-state index in [0.717, 1.165) is 6.07 Å². The number of sulfonamides is 1. The monoisotopic (exact) mass is 375 g/mol. The van der Waals surface area contributed by atoms with Crippen LogP contribution in [-0.2, 0) is 16.6 Å². The van der Waals surface area contributed by atoms with Gasteiger partial charge in [-0.3, -0.25) is 10.1 Å². The molecule has 0 amide bonds. The number of halogens is 1. The van der Waals surface area contributed by atoms with Gasteiger partial charge in [0.2, 0.25) is 10.0 Å². The quantitative estimate of drug-likeness (QED) is 0.631. The van der Waals surface area contributed by atoms with Crippen LogP contribution in [-0.4, -0.2) is 18.5 Å². The van der Waals surface area contributed by atoms with Crippen molar-refractivity contribution in [3.8, 4) is 0 Å². The molecule has 0 radical (unpaired) electrons. The number of nitro groups is 1. The number of nitrogens with zero attached hydrogens (tertiary/aromatic N) is 2. The van der Waals surface area contributed by atoms with E-state index in [0.29, 0.717) is 15.9 Å². The number of nitrogens with one attached hydrogen (secondary N) is 1. The SMILES string of the molecule is Cc1cc(CNS(=O)(=O)c2cc(Br)ccc2[N+](=O)[O-])on1. The Morgan fingerprint density at radius 1 is 1.43 bits per heavy atom. The maximum absolute atomic E-state index is 12.2. The van der Waals surface area contributed by atoms with Crippen LogP contribution in [0.25, 0.3) is 0 Å². The largest absolute Gasteiger partial charge is 0.360 e. The lowest BCUT2D eigenvalue weighted by molar-refractivity contribution is -0.387. The minimum atomic E-state index is -4.06. The Labute approximate surface area is 128 Å². The molecule has 1 heterocycles. The van der Waals surface area contributed by atoms with E-state index in [1.54, 1.807) is 13.0 Å². The number of aryl methyl sites for hydroxylation is 1. The Bertz CT molecular complexity index is 787. The number of aromatic nitrogens is 1. The minimum Gasteiger partial charge on any atom is -0.360 e. The molecule has 0 aliphatic heterocycles. The minimum absolute atomic E-state index is 0.146. The van der Waals surface area contributed by atoms with E-state index >= 15 is 0 Å². The van der Waals surface area contributed by atoms with Gasteiger partial charge in [0.15, 0.2) is 10.7 Å². The van der Waals surface area contributed by atoms with Crippen LogP contribution < -0.4 is 4.72 Å². The van der Waals surface area contributed by atoms with E-state index in [1.165, 1.54) is 12.1 Å². The van der Waals surface area contributed by atoms with Crippen molar-refractivity contribution < 1.29 is 17.9 Å². The second-order valence-corrected chi connectivity index (χ2v) is 6.78. The summed E-state index contributed by atoms with van der Waals surface area (Å²) in [7, 11) is -4.06. The molecule has 1 aromatic carbocycles. The van der Waals surface area contributed by atoms with Gasteiger partial charge in [0.1, 0.15) is 0 Å². The Kier molecular flexibility index (Phi) is 4.40. The molecule has 8 nitrogen and oxygen atoms in total. The van der Waals surface area contributed by atoms with Crippen LogP contribution in [0.2, 0.25) is 0 Å². The van der Waals surface area contributed by atoms with Crippen molar-refractivity contribution >= 4 is 31.6 Å². The first-order chi connectivity index (χ1) is 9.79. The van der Waals surface area contributed by atoms with Gasteiger partial charge in [-0.15, -0.1) is 0 Å². The third kappa shape index (κ3) is 3.65. The number of rotatable bonds is 5. The van der Waals surface area contributed by atoms with Gasteiger partial charge in [-0.05, 0) is 19.1 Å². The molecule has 112 valence electrons. The van der Waals surface area contributed by atoms with Crippen LogP contribution in [0.5, 0.6) is 0 Å². The normalized spacial score (nSPS) is 11.5. The standard InChI is InChI=1S/C11H10BrN3O5S/c1-7-4-9(20-14-7)6-13-21(18,19)11-5-8(12)2-3-10(11)15(16)17/h2-5,13H,6H2,1H3. The van der Waals surface area contributed by atoms with Crippen LogP contribution in [0.1, 0.15) is 11.5 Å². The van der Waals surface area contributed by atoms with Gasteiger partial charge < -0.3 is 4.52 Å². The van der Waals surface area contributed by atoms with Gasteiger partial charge in [-0.25, -0.2) is 13.1 Å². The highest BCUT2D eigenvalue weighted by molar-refractivity contribution is 9.10. The maximum Gasteiger partial charge on any atom is 0.289 e. The summed E-state index contributed by atoms with van der Waals surface area (Å²) in [5.41, 5.74) is 0.108. The number of nitro benzene ring substituents is 1. The number of benzene rings is 1. The molecular formula is C11H10BrN3O5S. The molecule has 0 unspecified atom stereocenters. The molecule has 2 rings (SSSR count). The van der Waals surface area contributed by atoms with E-state index in [-0.39, 0.29) is 6.54 Å². The van der Waals surface area contributed by atoms with Crippen LogP contribution in [0.4, 0.5) is 5.69 Å². The molecule has 0 saturated carbocycles. The summed E-state index contributed by atoms with van der Waals surface area (Å²) in [4.78, 5) is 9.76. The third-order valence-electron chi connectivity index (χ3n) is 2.52. The fourth-order valence-corrected chi connectivity index (χ4v) is 3.30. The molecule has 0 spiro atoms. The summed E-state index contributed by atoms with van der Waals surface area (Å²) in [5, 5.41) is 14.6. The summed E-state index contributed by atoms with van der Waals surface area (Å²) in [6, 6.07) is 5.26. The van der Waals surface area contributed by atoms with Crippen molar-refractivity contribution in [3.05, 3.63) is 50.3 Å². The zero-order chi connectivity index (χ0) is 15.6. The van der Waals surface area contributed by atoms with E-state index in [9.17, 15) is 18.5 Å². The van der Waals surface area contributed by atoms with Crippen molar-refractivity contribution in [1.29, 1.82) is 0 Å². The lowest BCUT2D eigenvalue weighted by Crippen LogP contribution is -2.24. The second kappa shape index (κ2) is 5.92. The third-order valence-corrected chi connectivity index (χ3v) is 4.44. The molecule has 1 N–H and O–H groups in total. The molecule has 0 bridgehead atoms. The van der Waals surface area contributed by atoms with E-state index in [2.05, 4.69) is 25.8 Å². The fraction of sp³-hybridized carbons (Fsp3) is 0.182. The predicted molar refractivity (Wildman–Crippen MR) is 76.1 cm³/mol. The molecule has 21 heavy (non-hydrogen) atoms. The molecule has 10 heteroatoms. The van der Waals surface area contributed by atoms with E-state index in [1.807, 2.05) is 0 Å². The fourth-order valence-electron chi connectivity index (χ4n) is 1.60. The highest BCUT2D eigenvalue weighted by Gasteiger charge is 2.26. The van der Waals surface area contributed by atoms with Crippen LogP contribution >= 0.6 is 15.9 Å². The lowest BCUT2D eigenvalue weighted by Gasteiger charge is -2.06. The molecule has 2 aromatic rings. The van der Waals surface area contributed by atoms with Crippen molar-refractivity contribution in [3.63, 3.8) is 0 Å². The summed E-state index contributed by atoms with van der Waals surface area (Å²) in [5.74, 6) is 0.314. The Morgan fingerprint density at radius 3 is 2.71 bits per heavy atom. The van der Waals surface area contributed by atoms with E-state index < -0.39 is 25.5 Å². The van der Waals surface area contributed by atoms with Crippen LogP contribution in [0.15, 0.2) is 38.2 Å². The molecular weight excluding hydrogens is 366 g/mol. The van der Waals surface area contributed by atoms with Gasteiger partial charge in [0.25, 0.3) is 5.69 Å². The Hall–Kier alpha value is -1.78. The van der Waals surface area contributed by atoms with Crippen molar-refractivity contribution in [1.82, 2.24) is 9.88 Å². The molecule has 0 atom stereocenters. The highest BCUT2D eigenvalue weighted by Crippen LogP contribution is 2.27. The lowest BCUT2D eigenvalue weighted by atomic mass is 10.3. The first-order valence-electron chi connectivity index (χ1n) is 5.65. The van der Waals surface area contributed by atoms with Crippen LogP contribution in [0, 0.1) is 17.0 Å². The topological polar surface area (TPSA) is 115 Å². The predicted octanol–water partition coefficient (Wildman–Crippen LogP) is 2.13. The second-order valence-electron chi connectivity index (χ2n) is 4.13. The number of hydrogen-bond donors (Lipinski definition) is 1. The summed E-state index contributed by atoms with van der Waals surface area (Å²) >= 11 is 3.09. The zero-order valence-corrected chi connectivity index (χ0v) is 13.1. The summed E-state index contributed by atoms with van der Waals surface area (Å²) < 4.78 is 31.9. The van der Waals surface area contributed by atoms with Gasteiger partial charge in [-0.2, -0.15) is 0 Å². The molecule has 0 saturated heterocycles. The molecule has 0 fully saturated rings. The van der Waals surface area contributed by atoms with Gasteiger partial charge >= 0.3 is 0 Å². The average molecular weight is 376 g/mol. The summed E-state index contributed by atoms with van der Waals surface area (Å²) in [6.07, 6.45) is 0. The summed E-state index contributed by atoms with van der Waals surface area (Å²) in [6.45, 7) is 1.55. The van der Waals surface area contributed by atoms with Gasteiger partial charge in [0.05, 0.1) is 17.2 Å².